The number of nitrogen functional groups attached to an aromatic ring is 1. The molecule has 5 heteroatoms. The van der Waals surface area contributed by atoms with Crippen molar-refractivity contribution >= 4 is 5.95 Å². The third-order valence-electron chi connectivity index (χ3n) is 1.81. The van der Waals surface area contributed by atoms with Crippen LogP contribution in [-0.2, 0) is 7.05 Å². The fourth-order valence-electron chi connectivity index (χ4n) is 1.21. The van der Waals surface area contributed by atoms with E-state index in [1.165, 1.54) is 0 Å². The number of aryl methyl sites for hydroxylation is 1. The third kappa shape index (κ3) is 1.14. The summed E-state index contributed by atoms with van der Waals surface area (Å²) in [5.41, 5.74) is 5.51. The molecule has 2 aliphatic heterocycles. The molecule has 0 aliphatic carbocycles. The van der Waals surface area contributed by atoms with Crippen LogP contribution in [0.5, 0.6) is 0 Å². The molecule has 0 atom stereocenters. The number of aromatic nitrogens is 3. The van der Waals surface area contributed by atoms with Gasteiger partial charge in [0.2, 0.25) is 5.95 Å². The summed E-state index contributed by atoms with van der Waals surface area (Å²) in [4.78, 5) is 18.8. The van der Waals surface area contributed by atoms with Crippen molar-refractivity contribution in [2.45, 2.75) is 0 Å². The Morgan fingerprint density at radius 3 is 3.00 bits per heavy atom. The minimum Gasteiger partial charge on any atom is -0.368 e. The second-order valence-corrected chi connectivity index (χ2v) is 2.74. The molecule has 2 N–H and O–H groups in total. The second kappa shape index (κ2) is 2.55. The van der Waals surface area contributed by atoms with Gasteiger partial charge in [0.1, 0.15) is 5.82 Å². The molecular weight excluding hydrogens is 168 g/mol. The summed E-state index contributed by atoms with van der Waals surface area (Å²) in [7, 11) is 1.80. The first-order valence-electron chi connectivity index (χ1n) is 3.77. The van der Waals surface area contributed by atoms with Crippen molar-refractivity contribution in [1.29, 1.82) is 0 Å². The molecule has 0 spiro atoms. The van der Waals surface area contributed by atoms with Crippen molar-refractivity contribution in [1.82, 2.24) is 14.5 Å². The number of nitrogens with two attached hydrogens (primary N) is 1. The molecule has 0 amide bonds. The lowest BCUT2D eigenvalue weighted by Gasteiger charge is -2.07. The summed E-state index contributed by atoms with van der Waals surface area (Å²) < 4.78 is 1.73. The second-order valence-electron chi connectivity index (χ2n) is 2.74. The highest BCUT2D eigenvalue weighted by molar-refractivity contribution is 5.56. The number of fused-ring (bicyclic) bond motifs is 1. The average molecular weight is 176 g/mol. The lowest BCUT2D eigenvalue weighted by Crippen LogP contribution is -2.17. The molecule has 0 aromatic rings. The molecule has 2 aliphatic rings. The quantitative estimate of drug-likeness (QED) is 0.606. The van der Waals surface area contributed by atoms with Gasteiger partial charge >= 0.3 is 0 Å². The molecule has 0 fully saturated rings. The molecule has 0 saturated carbocycles. The van der Waals surface area contributed by atoms with Gasteiger partial charge in [0.15, 0.2) is 0 Å². The molecule has 0 saturated heterocycles. The van der Waals surface area contributed by atoms with Crippen molar-refractivity contribution in [3.8, 4) is 11.4 Å². The molecule has 0 bridgehead atoms. The highest BCUT2D eigenvalue weighted by atomic mass is 16.1. The Balaban J connectivity index is 2.92. The van der Waals surface area contributed by atoms with Crippen LogP contribution in [0.15, 0.2) is 23.1 Å². The van der Waals surface area contributed by atoms with Gasteiger partial charge in [-0.25, -0.2) is 0 Å². The largest absolute Gasteiger partial charge is 0.368 e. The lowest BCUT2D eigenvalue weighted by molar-refractivity contribution is 0.871. The lowest BCUT2D eigenvalue weighted by atomic mass is 10.2. The van der Waals surface area contributed by atoms with Gasteiger partial charge in [-0.05, 0) is 12.1 Å². The van der Waals surface area contributed by atoms with Gasteiger partial charge < -0.3 is 10.3 Å². The maximum atomic E-state index is 11.3. The van der Waals surface area contributed by atoms with Crippen LogP contribution in [0.25, 0.3) is 11.4 Å². The Morgan fingerprint density at radius 1 is 1.46 bits per heavy atom. The molecular formula is C8H8N4O. The molecule has 0 aromatic heterocycles. The first kappa shape index (κ1) is 7.72. The molecule has 66 valence electrons. The summed E-state index contributed by atoms with van der Waals surface area (Å²) in [6, 6.07) is 3.44. The van der Waals surface area contributed by atoms with Crippen LogP contribution in [0.3, 0.4) is 0 Å². The standard InChI is InChI=1S/C8H8N4O/c1-12-4-2-3-5-6(12)10-8(9)11-7(5)13/h2-4H,1H3,(H2,9,11,13). The Bertz CT molecular complexity index is 476. The highest BCUT2D eigenvalue weighted by Crippen LogP contribution is 2.12. The minimum atomic E-state index is -0.335. The van der Waals surface area contributed by atoms with E-state index in [2.05, 4.69) is 9.97 Å². The maximum absolute atomic E-state index is 11.3. The molecule has 2 rings (SSSR count). The zero-order valence-electron chi connectivity index (χ0n) is 7.06. The van der Waals surface area contributed by atoms with E-state index in [4.69, 9.17) is 5.73 Å². The van der Waals surface area contributed by atoms with Crippen LogP contribution in [0.2, 0.25) is 0 Å². The third-order valence-corrected chi connectivity index (χ3v) is 1.81. The van der Waals surface area contributed by atoms with E-state index in [9.17, 15) is 4.79 Å². The fourth-order valence-corrected chi connectivity index (χ4v) is 1.21. The molecule has 2 heterocycles. The van der Waals surface area contributed by atoms with Crippen LogP contribution >= 0.6 is 0 Å². The summed E-state index contributed by atoms with van der Waals surface area (Å²) in [5.74, 6) is 0.569. The van der Waals surface area contributed by atoms with Crippen molar-refractivity contribution in [3.63, 3.8) is 0 Å². The monoisotopic (exact) mass is 176 g/mol. The van der Waals surface area contributed by atoms with E-state index < -0.39 is 0 Å². The maximum Gasteiger partial charge on any atom is 0.284 e. The zero-order chi connectivity index (χ0) is 9.42. The van der Waals surface area contributed by atoms with Gasteiger partial charge in [0.25, 0.3) is 5.56 Å². The van der Waals surface area contributed by atoms with Gasteiger partial charge in [0, 0.05) is 13.2 Å². The normalized spacial score (nSPS) is 10.5. The molecule has 0 radical (unpaired) electrons. The number of hydrogen-bond acceptors (Lipinski definition) is 4. The van der Waals surface area contributed by atoms with Crippen molar-refractivity contribution in [2.75, 3.05) is 5.73 Å². The van der Waals surface area contributed by atoms with E-state index in [-0.39, 0.29) is 11.5 Å². The SMILES string of the molecule is Cn1cccc2c(=O)nc(N)nc1-2. The number of hydrogen-bond donors (Lipinski definition) is 1. The van der Waals surface area contributed by atoms with E-state index >= 15 is 0 Å². The van der Waals surface area contributed by atoms with Crippen LogP contribution in [0.4, 0.5) is 5.95 Å². The number of pyridine rings is 1. The predicted molar refractivity (Wildman–Crippen MR) is 48.3 cm³/mol. The van der Waals surface area contributed by atoms with Gasteiger partial charge in [-0.3, -0.25) is 4.79 Å². The number of nitrogens with zero attached hydrogens (tertiary/aromatic N) is 3. The van der Waals surface area contributed by atoms with Crippen LogP contribution < -0.4 is 11.3 Å². The first-order chi connectivity index (χ1) is 6.18. The molecule has 0 aromatic carbocycles. The topological polar surface area (TPSA) is 73.8 Å². The fraction of sp³-hybridized carbons (Fsp3) is 0.125. The van der Waals surface area contributed by atoms with Gasteiger partial charge in [-0.15, -0.1) is 0 Å². The van der Waals surface area contributed by atoms with Gasteiger partial charge in [-0.2, -0.15) is 9.97 Å². The highest BCUT2D eigenvalue weighted by Gasteiger charge is 2.10. The summed E-state index contributed by atoms with van der Waals surface area (Å²) in [6.07, 6.45) is 1.80. The Labute approximate surface area is 74.2 Å². The number of rotatable bonds is 0. The summed E-state index contributed by atoms with van der Waals surface area (Å²) >= 11 is 0. The van der Waals surface area contributed by atoms with Crippen molar-refractivity contribution in [2.24, 2.45) is 7.05 Å². The van der Waals surface area contributed by atoms with E-state index in [1.807, 2.05) is 0 Å². The van der Waals surface area contributed by atoms with Crippen molar-refractivity contribution < 1.29 is 0 Å². The first-order valence-corrected chi connectivity index (χ1v) is 3.77. The minimum absolute atomic E-state index is 0.0132. The average Bonchev–Trinajstić information content (AvgIpc) is 2.07. The molecule has 0 unspecified atom stereocenters. The van der Waals surface area contributed by atoms with Crippen LogP contribution in [0, 0.1) is 0 Å². The zero-order valence-corrected chi connectivity index (χ0v) is 7.06. The van der Waals surface area contributed by atoms with Gasteiger partial charge in [-0.1, -0.05) is 0 Å². The van der Waals surface area contributed by atoms with Crippen LogP contribution in [0.1, 0.15) is 0 Å². The molecule has 13 heavy (non-hydrogen) atoms. The Hall–Kier alpha value is -1.91. The Kier molecular flexibility index (Phi) is 1.51. The predicted octanol–water partition coefficient (Wildman–Crippen LogP) is -0.138. The van der Waals surface area contributed by atoms with Gasteiger partial charge in [0.05, 0.1) is 5.56 Å². The molecule has 5 nitrogen and oxygen atoms in total. The van der Waals surface area contributed by atoms with Crippen molar-refractivity contribution in [3.05, 3.63) is 28.7 Å². The summed E-state index contributed by atoms with van der Waals surface area (Å²) in [5, 5.41) is 0. The number of anilines is 1. The van der Waals surface area contributed by atoms with E-state index in [1.54, 1.807) is 29.9 Å². The van der Waals surface area contributed by atoms with Crippen LogP contribution in [-0.4, -0.2) is 14.5 Å². The smallest absolute Gasteiger partial charge is 0.284 e. The van der Waals surface area contributed by atoms with E-state index in [0.29, 0.717) is 11.4 Å². The van der Waals surface area contributed by atoms with E-state index in [0.717, 1.165) is 0 Å². The summed E-state index contributed by atoms with van der Waals surface area (Å²) in [6.45, 7) is 0. The Morgan fingerprint density at radius 2 is 2.23 bits per heavy atom.